The maximum Gasteiger partial charge on any atom is 0.272 e. The van der Waals surface area contributed by atoms with Gasteiger partial charge in [0.25, 0.3) is 5.91 Å². The van der Waals surface area contributed by atoms with E-state index in [0.717, 1.165) is 0 Å². The molecule has 1 heterocycles. The average molecular weight is 405 g/mol. The van der Waals surface area contributed by atoms with Crippen LogP contribution in [0.4, 0.5) is 18.9 Å². The first-order valence-corrected chi connectivity index (χ1v) is 8.72. The first-order chi connectivity index (χ1) is 12.1. The lowest BCUT2D eigenvalue weighted by atomic mass is 10.2. The molecule has 1 aromatic heterocycles. The fourth-order valence-corrected chi connectivity index (χ4v) is 2.96. The molecule has 1 aromatic carbocycles. The van der Waals surface area contributed by atoms with Gasteiger partial charge in [0.1, 0.15) is 5.69 Å². The van der Waals surface area contributed by atoms with Crippen LogP contribution in [0.1, 0.15) is 16.1 Å². The highest BCUT2D eigenvalue weighted by Gasteiger charge is 2.21. The lowest BCUT2D eigenvalue weighted by molar-refractivity contribution is 0.101. The zero-order valence-electron chi connectivity index (χ0n) is 13.2. The first kappa shape index (κ1) is 20.1. The predicted molar refractivity (Wildman–Crippen MR) is 94.3 cm³/mol. The summed E-state index contributed by atoms with van der Waals surface area (Å²) in [5.41, 5.74) is 5.07. The second-order valence-electron chi connectivity index (χ2n) is 5.20. The summed E-state index contributed by atoms with van der Waals surface area (Å²) in [5, 5.41) is 1.50. The molecule has 11 heteroatoms. The van der Waals surface area contributed by atoms with E-state index in [4.69, 9.17) is 5.73 Å². The van der Waals surface area contributed by atoms with E-state index in [1.54, 1.807) is 0 Å². The summed E-state index contributed by atoms with van der Waals surface area (Å²) in [4.78, 5) is 12.3. The van der Waals surface area contributed by atoms with Crippen LogP contribution in [0, 0.1) is 17.5 Å². The van der Waals surface area contributed by atoms with Crippen molar-refractivity contribution in [3.8, 4) is 0 Å². The van der Waals surface area contributed by atoms with Gasteiger partial charge in [-0.05, 0) is 0 Å². The van der Waals surface area contributed by atoms with Crippen LogP contribution >= 0.6 is 12.6 Å². The number of thiol groups is 2. The van der Waals surface area contributed by atoms with Crippen LogP contribution < -0.4 is 11.1 Å². The molecule has 1 atom stereocenters. The third-order valence-electron chi connectivity index (χ3n) is 3.31. The molecule has 0 radical (unpaired) electrons. The van der Waals surface area contributed by atoms with Gasteiger partial charge in [-0.1, -0.05) is 12.2 Å². The molecule has 0 saturated carbocycles. The number of carbonyl (C=O) groups is 1. The molecule has 0 aliphatic carbocycles. The zero-order chi connectivity index (χ0) is 19.6. The van der Waals surface area contributed by atoms with Gasteiger partial charge in [0.15, 0.2) is 28.2 Å². The van der Waals surface area contributed by atoms with Crippen molar-refractivity contribution in [2.24, 2.45) is 12.8 Å². The van der Waals surface area contributed by atoms with Gasteiger partial charge in [-0.3, -0.25) is 4.79 Å². The number of aryl methyl sites for hydroxylation is 1. The third-order valence-corrected chi connectivity index (χ3v) is 4.24. The topological polar surface area (TPSA) is 94.2 Å². The summed E-state index contributed by atoms with van der Waals surface area (Å²) in [7, 11) is -1.61. The Kier molecular flexibility index (Phi) is 6.16. The normalized spacial score (nSPS) is 12.7. The minimum atomic E-state index is -3.03. The summed E-state index contributed by atoms with van der Waals surface area (Å²) >= 11 is 3.93. The molecule has 0 bridgehead atoms. The van der Waals surface area contributed by atoms with Gasteiger partial charge in [0.05, 0.1) is 10.3 Å². The van der Waals surface area contributed by atoms with Crippen LogP contribution in [-0.2, 0) is 17.8 Å². The van der Waals surface area contributed by atoms with Gasteiger partial charge < -0.3 is 15.6 Å². The second-order valence-corrected chi connectivity index (χ2v) is 6.79. The van der Waals surface area contributed by atoms with E-state index in [1.807, 2.05) is 0 Å². The molecule has 1 amide bonds. The van der Waals surface area contributed by atoms with Crippen molar-refractivity contribution in [1.82, 2.24) is 4.57 Å². The number of amides is 1. The lowest BCUT2D eigenvalue weighted by Gasteiger charge is -2.09. The van der Waals surface area contributed by atoms with Crippen LogP contribution in [0.25, 0.3) is 6.08 Å². The van der Waals surface area contributed by atoms with Gasteiger partial charge in [-0.15, -0.1) is 0 Å². The zero-order valence-corrected chi connectivity index (χ0v) is 15.0. The molecule has 140 valence electrons. The Bertz CT molecular complexity index is 938. The number of hydrogen-bond acceptors (Lipinski definition) is 5. The Morgan fingerprint density at radius 2 is 1.88 bits per heavy atom. The average Bonchev–Trinajstić information content (AvgIpc) is 2.87. The van der Waals surface area contributed by atoms with Crippen LogP contribution in [-0.4, -0.2) is 24.3 Å². The highest BCUT2D eigenvalue weighted by Crippen LogP contribution is 2.23. The molecule has 2 rings (SSSR count). The van der Waals surface area contributed by atoms with Crippen LogP contribution in [0.15, 0.2) is 29.3 Å². The molecule has 0 spiro atoms. The van der Waals surface area contributed by atoms with Crippen molar-refractivity contribution < 1.29 is 26.4 Å². The monoisotopic (exact) mass is 405 g/mol. The Hall–Kier alpha value is -2.24. The molecule has 26 heavy (non-hydrogen) atoms. The number of halogens is 3. The number of benzene rings is 1. The molecule has 1 unspecified atom stereocenters. The van der Waals surface area contributed by atoms with E-state index in [9.17, 15) is 26.4 Å². The maximum atomic E-state index is 13.3. The standard InChI is InChI=1S/C15H14F3N3O3S2/c1-21-6-11(26(23)24)8(2-3-12(19)25)14(21)15(22)20-7-4-9(16)13(18)10(17)5-7/h2-6,12,25-26H,19H2,1H3,(H,20,22)/b3-2-. The molecule has 0 saturated heterocycles. The number of hydrogen-bond donors (Lipinski definition) is 4. The van der Waals surface area contributed by atoms with Crippen molar-refractivity contribution in [3.63, 3.8) is 0 Å². The van der Waals surface area contributed by atoms with Gasteiger partial charge in [-0.25, -0.2) is 21.6 Å². The highest BCUT2D eigenvalue weighted by atomic mass is 32.2. The van der Waals surface area contributed by atoms with Gasteiger partial charge in [0, 0.05) is 36.6 Å². The van der Waals surface area contributed by atoms with Crippen LogP contribution in [0.5, 0.6) is 0 Å². The molecule has 3 N–H and O–H groups in total. The Morgan fingerprint density at radius 1 is 1.31 bits per heavy atom. The Balaban J connectivity index is 2.48. The van der Waals surface area contributed by atoms with Gasteiger partial charge in [-0.2, -0.15) is 12.6 Å². The molecule has 6 nitrogen and oxygen atoms in total. The smallest absolute Gasteiger partial charge is 0.272 e. The minimum Gasteiger partial charge on any atom is -0.345 e. The number of rotatable bonds is 5. The van der Waals surface area contributed by atoms with Crippen LogP contribution in [0.3, 0.4) is 0 Å². The number of nitrogens with two attached hydrogens (primary N) is 1. The number of nitrogens with one attached hydrogen (secondary N) is 1. The molecule has 0 fully saturated rings. The molecule has 2 aromatic rings. The minimum absolute atomic E-state index is 0.0358. The first-order valence-electron chi connectivity index (χ1n) is 7.03. The maximum absolute atomic E-state index is 13.3. The van der Waals surface area contributed by atoms with Crippen molar-refractivity contribution in [3.05, 3.63) is 53.1 Å². The van der Waals surface area contributed by atoms with E-state index in [-0.39, 0.29) is 21.8 Å². The lowest BCUT2D eigenvalue weighted by Crippen LogP contribution is -2.17. The summed E-state index contributed by atoms with van der Waals surface area (Å²) in [6.07, 6.45) is 3.86. The molecular weight excluding hydrogens is 391 g/mol. The molecule has 0 aliphatic heterocycles. The fourth-order valence-electron chi connectivity index (χ4n) is 2.23. The number of aromatic nitrogens is 1. The quantitative estimate of drug-likeness (QED) is 0.347. The summed E-state index contributed by atoms with van der Waals surface area (Å²) in [6, 6.07) is 1.21. The summed E-state index contributed by atoms with van der Waals surface area (Å²) in [6.45, 7) is 0. The van der Waals surface area contributed by atoms with E-state index >= 15 is 0 Å². The summed E-state index contributed by atoms with van der Waals surface area (Å²) in [5.74, 6) is -5.47. The van der Waals surface area contributed by atoms with Crippen molar-refractivity contribution in [1.29, 1.82) is 0 Å². The van der Waals surface area contributed by atoms with Crippen molar-refractivity contribution in [2.45, 2.75) is 10.3 Å². The Morgan fingerprint density at radius 3 is 2.38 bits per heavy atom. The predicted octanol–water partition coefficient (Wildman–Crippen LogP) is 1.89. The fraction of sp³-hybridized carbons (Fsp3) is 0.133. The van der Waals surface area contributed by atoms with Crippen LogP contribution in [0.2, 0.25) is 0 Å². The number of anilines is 1. The number of nitrogens with zero attached hydrogens (tertiary/aromatic N) is 1. The largest absolute Gasteiger partial charge is 0.345 e. The SMILES string of the molecule is Cn1cc([SH](=O)=O)c(/C=C\C(N)S)c1C(=O)Nc1cc(F)c(F)c(F)c1. The van der Waals surface area contributed by atoms with E-state index < -0.39 is 39.4 Å². The second kappa shape index (κ2) is 7.98. The Labute approximate surface area is 153 Å². The van der Waals surface area contributed by atoms with Gasteiger partial charge >= 0.3 is 0 Å². The van der Waals surface area contributed by atoms with E-state index in [1.165, 1.54) is 30.0 Å². The molecular formula is C15H14F3N3O3S2. The molecule has 0 aliphatic rings. The van der Waals surface area contributed by atoms with Crippen molar-refractivity contribution >= 4 is 41.0 Å². The highest BCUT2D eigenvalue weighted by molar-refractivity contribution is 7.81. The van der Waals surface area contributed by atoms with E-state index in [0.29, 0.717) is 12.1 Å². The van der Waals surface area contributed by atoms with Gasteiger partial charge in [0.2, 0.25) is 0 Å². The van der Waals surface area contributed by atoms with Crippen molar-refractivity contribution in [2.75, 3.05) is 5.32 Å². The van der Waals surface area contributed by atoms with E-state index in [2.05, 4.69) is 17.9 Å². The number of carbonyl (C=O) groups excluding carboxylic acids is 1. The summed E-state index contributed by atoms with van der Waals surface area (Å²) < 4.78 is 63.6. The third kappa shape index (κ3) is 4.29.